The van der Waals surface area contributed by atoms with Crippen LogP contribution in [0.5, 0.6) is 5.75 Å². The maximum Gasteiger partial charge on any atom is 0.387 e. The second-order valence-corrected chi connectivity index (χ2v) is 8.98. The monoisotopic (exact) mass is 443 g/mol. The van der Waals surface area contributed by atoms with Crippen LogP contribution in [0.2, 0.25) is 0 Å². The predicted molar refractivity (Wildman–Crippen MR) is 118 cm³/mol. The molecule has 1 atom stereocenters. The fourth-order valence-corrected chi connectivity index (χ4v) is 4.60. The molecule has 4 rings (SSSR count). The Morgan fingerprint density at radius 2 is 2.00 bits per heavy atom. The first kappa shape index (κ1) is 21.3. The first-order valence-electron chi connectivity index (χ1n) is 10.3. The SMILES string of the molecule is CCCS(=O)Nc1ccc(-c2c(C#N)c3ccc(OC(F)F)cc3n2CC2CC2)cc1. The van der Waals surface area contributed by atoms with Gasteiger partial charge in [0.25, 0.3) is 0 Å². The summed E-state index contributed by atoms with van der Waals surface area (Å²) in [5.41, 5.74) is 3.57. The van der Waals surface area contributed by atoms with Crippen LogP contribution in [-0.2, 0) is 17.5 Å². The van der Waals surface area contributed by atoms with Crippen molar-refractivity contribution in [3.63, 3.8) is 0 Å². The van der Waals surface area contributed by atoms with E-state index in [1.165, 1.54) is 6.07 Å². The van der Waals surface area contributed by atoms with E-state index in [0.29, 0.717) is 34.7 Å². The summed E-state index contributed by atoms with van der Waals surface area (Å²) < 4.78 is 47.0. The molecule has 0 amide bonds. The lowest BCUT2D eigenvalue weighted by Crippen LogP contribution is -2.07. The first-order chi connectivity index (χ1) is 15.0. The lowest BCUT2D eigenvalue weighted by Gasteiger charge is -2.12. The molecule has 5 nitrogen and oxygen atoms in total. The van der Waals surface area contributed by atoms with E-state index in [0.717, 1.165) is 36.2 Å². The Labute approximate surface area is 182 Å². The molecule has 1 fully saturated rings. The summed E-state index contributed by atoms with van der Waals surface area (Å²) >= 11 is 0. The molecule has 0 radical (unpaired) electrons. The zero-order chi connectivity index (χ0) is 22.0. The van der Waals surface area contributed by atoms with Gasteiger partial charge in [-0.15, -0.1) is 0 Å². The molecule has 1 N–H and O–H groups in total. The first-order valence-corrected chi connectivity index (χ1v) is 11.6. The smallest absolute Gasteiger partial charge is 0.387 e. The van der Waals surface area contributed by atoms with Crippen LogP contribution in [0.3, 0.4) is 0 Å². The van der Waals surface area contributed by atoms with Crippen LogP contribution < -0.4 is 9.46 Å². The molecule has 31 heavy (non-hydrogen) atoms. The molecule has 0 aliphatic heterocycles. The number of nitrogens with one attached hydrogen (secondary N) is 1. The normalized spacial score (nSPS) is 14.5. The second kappa shape index (κ2) is 9.06. The summed E-state index contributed by atoms with van der Waals surface area (Å²) in [4.78, 5) is 0. The van der Waals surface area contributed by atoms with Crippen molar-refractivity contribution in [3.8, 4) is 23.1 Å². The zero-order valence-corrected chi connectivity index (χ0v) is 17.9. The average molecular weight is 444 g/mol. The molecule has 0 spiro atoms. The summed E-state index contributed by atoms with van der Waals surface area (Å²) in [6.07, 6.45) is 3.04. The van der Waals surface area contributed by atoms with Gasteiger partial charge in [0.1, 0.15) is 22.8 Å². The molecule has 1 aliphatic carbocycles. The van der Waals surface area contributed by atoms with Gasteiger partial charge >= 0.3 is 6.61 Å². The van der Waals surface area contributed by atoms with E-state index in [1.54, 1.807) is 12.1 Å². The van der Waals surface area contributed by atoms with Crippen LogP contribution in [0, 0.1) is 17.2 Å². The van der Waals surface area contributed by atoms with Crippen LogP contribution in [0.15, 0.2) is 42.5 Å². The lowest BCUT2D eigenvalue weighted by molar-refractivity contribution is -0.0497. The van der Waals surface area contributed by atoms with E-state index < -0.39 is 17.6 Å². The van der Waals surface area contributed by atoms with Crippen LogP contribution in [0.4, 0.5) is 14.5 Å². The number of fused-ring (bicyclic) bond motifs is 1. The zero-order valence-electron chi connectivity index (χ0n) is 17.1. The molecule has 162 valence electrons. The van der Waals surface area contributed by atoms with E-state index >= 15 is 0 Å². The second-order valence-electron chi connectivity index (χ2n) is 7.68. The average Bonchev–Trinajstić information content (AvgIpc) is 3.50. The number of nitrogens with zero attached hydrogens (tertiary/aromatic N) is 2. The standard InChI is InChI=1S/C23H23F2N3O2S/c1-2-11-31(29)27-17-7-5-16(6-8-17)22-20(13-26)19-10-9-18(30-23(24)25)12-21(19)28(22)14-15-3-4-15/h5-10,12,15,23,27H,2-4,11,14H2,1H3. The molecule has 1 unspecified atom stereocenters. The molecular formula is C23H23F2N3O2S. The third-order valence-corrected chi connectivity index (χ3v) is 6.53. The highest BCUT2D eigenvalue weighted by atomic mass is 32.2. The number of hydrogen-bond acceptors (Lipinski definition) is 3. The quantitative estimate of drug-likeness (QED) is 0.463. The van der Waals surface area contributed by atoms with Crippen LogP contribution in [0.1, 0.15) is 31.7 Å². The Morgan fingerprint density at radius 3 is 2.61 bits per heavy atom. The number of benzene rings is 2. The van der Waals surface area contributed by atoms with Gasteiger partial charge < -0.3 is 14.0 Å². The van der Waals surface area contributed by atoms with Gasteiger partial charge in [-0.1, -0.05) is 19.1 Å². The van der Waals surface area contributed by atoms with E-state index in [9.17, 15) is 18.3 Å². The number of halogens is 2. The van der Waals surface area contributed by atoms with Crippen LogP contribution in [-0.4, -0.2) is 21.1 Å². The van der Waals surface area contributed by atoms with E-state index in [2.05, 4.69) is 15.5 Å². The number of hydrogen-bond donors (Lipinski definition) is 1. The van der Waals surface area contributed by atoms with Crippen molar-refractivity contribution in [2.24, 2.45) is 5.92 Å². The maximum absolute atomic E-state index is 12.7. The lowest BCUT2D eigenvalue weighted by atomic mass is 10.1. The Balaban J connectivity index is 1.78. The minimum absolute atomic E-state index is 0.0750. The van der Waals surface area contributed by atoms with Gasteiger partial charge in [-0.05, 0) is 55.0 Å². The Morgan fingerprint density at radius 1 is 1.26 bits per heavy atom. The highest BCUT2D eigenvalue weighted by Crippen LogP contribution is 2.39. The molecule has 1 aliphatic rings. The summed E-state index contributed by atoms with van der Waals surface area (Å²) in [5, 5.41) is 10.6. The van der Waals surface area contributed by atoms with Gasteiger partial charge in [0, 0.05) is 29.4 Å². The highest BCUT2D eigenvalue weighted by molar-refractivity contribution is 7.86. The van der Waals surface area contributed by atoms with E-state index in [-0.39, 0.29) is 5.75 Å². The van der Waals surface area contributed by atoms with E-state index in [1.807, 2.05) is 35.8 Å². The Bertz CT molecular complexity index is 1150. The van der Waals surface area contributed by atoms with Crippen molar-refractivity contribution >= 4 is 27.6 Å². The van der Waals surface area contributed by atoms with Crippen molar-refractivity contribution in [3.05, 3.63) is 48.0 Å². The number of aromatic nitrogens is 1. The Kier molecular flexibility index (Phi) is 6.23. The molecular weight excluding hydrogens is 420 g/mol. The van der Waals surface area contributed by atoms with Crippen molar-refractivity contribution in [1.29, 1.82) is 5.26 Å². The van der Waals surface area contributed by atoms with Gasteiger partial charge in [0.2, 0.25) is 0 Å². The van der Waals surface area contributed by atoms with Gasteiger partial charge in [-0.2, -0.15) is 14.0 Å². The summed E-state index contributed by atoms with van der Waals surface area (Å²) in [6, 6.07) is 14.5. The number of rotatable bonds is 9. The van der Waals surface area contributed by atoms with Gasteiger partial charge in [0.05, 0.1) is 16.8 Å². The van der Waals surface area contributed by atoms with Crippen molar-refractivity contribution in [2.45, 2.75) is 39.3 Å². The van der Waals surface area contributed by atoms with Gasteiger partial charge in [0.15, 0.2) is 0 Å². The number of alkyl halides is 2. The summed E-state index contributed by atoms with van der Waals surface area (Å²) in [7, 11) is -1.13. The van der Waals surface area contributed by atoms with Crippen molar-refractivity contribution < 1.29 is 17.7 Å². The molecule has 2 aromatic carbocycles. The van der Waals surface area contributed by atoms with Crippen molar-refractivity contribution in [2.75, 3.05) is 10.5 Å². The summed E-state index contributed by atoms with van der Waals surface area (Å²) in [5.74, 6) is 1.16. The predicted octanol–water partition coefficient (Wildman–Crippen LogP) is 5.68. The molecule has 1 aromatic heterocycles. The molecule has 0 bridgehead atoms. The fourth-order valence-electron chi connectivity index (χ4n) is 3.73. The molecule has 3 aromatic rings. The van der Waals surface area contributed by atoms with Gasteiger partial charge in [-0.25, -0.2) is 4.21 Å². The maximum atomic E-state index is 12.7. The van der Waals surface area contributed by atoms with Gasteiger partial charge in [-0.3, -0.25) is 0 Å². The number of ether oxygens (including phenoxy) is 1. The highest BCUT2D eigenvalue weighted by Gasteiger charge is 2.27. The minimum atomic E-state index is -2.91. The fraction of sp³-hybridized carbons (Fsp3) is 0.348. The number of nitriles is 1. The third kappa shape index (κ3) is 4.72. The van der Waals surface area contributed by atoms with E-state index in [4.69, 9.17) is 0 Å². The molecule has 8 heteroatoms. The number of anilines is 1. The summed E-state index contributed by atoms with van der Waals surface area (Å²) in [6.45, 7) is -0.216. The minimum Gasteiger partial charge on any atom is -0.435 e. The largest absolute Gasteiger partial charge is 0.435 e. The molecule has 1 heterocycles. The van der Waals surface area contributed by atoms with Crippen LogP contribution in [0.25, 0.3) is 22.2 Å². The topological polar surface area (TPSA) is 67.1 Å². The molecule has 0 saturated heterocycles. The Hall–Kier alpha value is -2.92. The van der Waals surface area contributed by atoms with Crippen molar-refractivity contribution in [1.82, 2.24) is 4.57 Å². The third-order valence-electron chi connectivity index (χ3n) is 5.29. The molecule has 1 saturated carbocycles. The van der Waals surface area contributed by atoms with Crippen LogP contribution >= 0.6 is 0 Å².